The second-order valence-corrected chi connectivity index (χ2v) is 6.13. The molecule has 0 aliphatic rings. The summed E-state index contributed by atoms with van der Waals surface area (Å²) in [5.41, 5.74) is 2.21. The molecule has 92 valence electrons. The molecular formula is C12H16N2O2S. The fourth-order valence-corrected chi connectivity index (χ4v) is 2.85. The van der Waals surface area contributed by atoms with Crippen LogP contribution < -0.4 is 4.72 Å². The Morgan fingerprint density at radius 1 is 1.35 bits per heavy atom. The van der Waals surface area contributed by atoms with Gasteiger partial charge in [0, 0.05) is 23.1 Å². The van der Waals surface area contributed by atoms with Gasteiger partial charge in [0.15, 0.2) is 0 Å². The quantitative estimate of drug-likeness (QED) is 0.869. The summed E-state index contributed by atoms with van der Waals surface area (Å²) in [6.45, 7) is 1.86. The average molecular weight is 252 g/mol. The standard InChI is InChI=1S/C12H16N2O2S/c1-9(14-17(2,15)16)7-10-8-13-12-6-4-3-5-11(10)12/h3-6,8-9,13-14H,7H2,1-2H3. The summed E-state index contributed by atoms with van der Waals surface area (Å²) in [6, 6.07) is 7.89. The molecule has 5 heteroatoms. The summed E-state index contributed by atoms with van der Waals surface area (Å²) in [4.78, 5) is 3.18. The van der Waals surface area contributed by atoms with Crippen molar-refractivity contribution in [2.75, 3.05) is 6.26 Å². The lowest BCUT2D eigenvalue weighted by molar-refractivity contribution is 0.566. The summed E-state index contributed by atoms with van der Waals surface area (Å²) >= 11 is 0. The average Bonchev–Trinajstić information content (AvgIpc) is 2.59. The van der Waals surface area contributed by atoms with E-state index >= 15 is 0 Å². The number of fused-ring (bicyclic) bond motifs is 1. The van der Waals surface area contributed by atoms with Gasteiger partial charge in [-0.3, -0.25) is 0 Å². The smallest absolute Gasteiger partial charge is 0.208 e. The third kappa shape index (κ3) is 3.08. The lowest BCUT2D eigenvalue weighted by Crippen LogP contribution is -2.33. The maximum Gasteiger partial charge on any atom is 0.208 e. The third-order valence-corrected chi connectivity index (χ3v) is 3.45. The van der Waals surface area contributed by atoms with E-state index in [1.165, 1.54) is 6.26 Å². The summed E-state index contributed by atoms with van der Waals surface area (Å²) in [5.74, 6) is 0. The van der Waals surface area contributed by atoms with Crippen LogP contribution in [-0.2, 0) is 16.4 Å². The van der Waals surface area contributed by atoms with Crippen molar-refractivity contribution in [3.8, 4) is 0 Å². The first-order valence-electron chi connectivity index (χ1n) is 5.48. The van der Waals surface area contributed by atoms with Crippen LogP contribution in [-0.4, -0.2) is 25.7 Å². The SMILES string of the molecule is CC(Cc1c[nH]c2ccccc12)NS(C)(=O)=O. The van der Waals surface area contributed by atoms with Gasteiger partial charge in [-0.05, 0) is 25.0 Å². The Morgan fingerprint density at radius 3 is 2.76 bits per heavy atom. The molecular weight excluding hydrogens is 236 g/mol. The highest BCUT2D eigenvalue weighted by molar-refractivity contribution is 7.88. The molecule has 17 heavy (non-hydrogen) atoms. The first kappa shape index (κ1) is 12.1. The number of sulfonamides is 1. The van der Waals surface area contributed by atoms with E-state index in [1.807, 2.05) is 37.4 Å². The Kier molecular flexibility index (Phi) is 3.22. The monoisotopic (exact) mass is 252 g/mol. The van der Waals surface area contributed by atoms with E-state index in [4.69, 9.17) is 0 Å². The zero-order chi connectivity index (χ0) is 12.5. The van der Waals surface area contributed by atoms with Crippen molar-refractivity contribution in [2.45, 2.75) is 19.4 Å². The van der Waals surface area contributed by atoms with E-state index < -0.39 is 10.0 Å². The van der Waals surface area contributed by atoms with Crippen LogP contribution in [0.1, 0.15) is 12.5 Å². The maximum absolute atomic E-state index is 11.1. The molecule has 0 radical (unpaired) electrons. The highest BCUT2D eigenvalue weighted by Crippen LogP contribution is 2.18. The Balaban J connectivity index is 2.19. The molecule has 4 nitrogen and oxygen atoms in total. The van der Waals surface area contributed by atoms with Gasteiger partial charge >= 0.3 is 0 Å². The molecule has 0 saturated carbocycles. The van der Waals surface area contributed by atoms with Gasteiger partial charge in [-0.25, -0.2) is 13.1 Å². The predicted molar refractivity (Wildman–Crippen MR) is 69.4 cm³/mol. The van der Waals surface area contributed by atoms with Crippen molar-refractivity contribution in [3.63, 3.8) is 0 Å². The van der Waals surface area contributed by atoms with Crippen LogP contribution in [0.4, 0.5) is 0 Å². The molecule has 1 aromatic carbocycles. The van der Waals surface area contributed by atoms with Gasteiger partial charge in [0.1, 0.15) is 0 Å². The van der Waals surface area contributed by atoms with Crippen LogP contribution >= 0.6 is 0 Å². The number of nitrogens with one attached hydrogen (secondary N) is 2. The van der Waals surface area contributed by atoms with E-state index in [2.05, 4.69) is 9.71 Å². The van der Waals surface area contributed by atoms with E-state index in [9.17, 15) is 8.42 Å². The van der Waals surface area contributed by atoms with Gasteiger partial charge in [-0.1, -0.05) is 18.2 Å². The minimum atomic E-state index is -3.14. The molecule has 0 amide bonds. The number of aromatic amines is 1. The van der Waals surface area contributed by atoms with Crippen molar-refractivity contribution in [1.29, 1.82) is 0 Å². The topological polar surface area (TPSA) is 62.0 Å². The number of rotatable bonds is 4. The van der Waals surface area contributed by atoms with E-state index in [-0.39, 0.29) is 6.04 Å². The van der Waals surface area contributed by atoms with Crippen LogP contribution in [0, 0.1) is 0 Å². The molecule has 2 rings (SSSR count). The first-order valence-corrected chi connectivity index (χ1v) is 7.37. The molecule has 2 aromatic rings. The normalized spacial score (nSPS) is 14.0. The molecule has 1 unspecified atom stereocenters. The molecule has 0 spiro atoms. The van der Waals surface area contributed by atoms with E-state index in [0.29, 0.717) is 6.42 Å². The minimum Gasteiger partial charge on any atom is -0.361 e. The van der Waals surface area contributed by atoms with Crippen LogP contribution in [0.3, 0.4) is 0 Å². The minimum absolute atomic E-state index is 0.107. The van der Waals surface area contributed by atoms with Crippen molar-refractivity contribution in [3.05, 3.63) is 36.0 Å². The Bertz CT molecular complexity index is 616. The van der Waals surface area contributed by atoms with E-state index in [1.54, 1.807) is 0 Å². The fraction of sp³-hybridized carbons (Fsp3) is 0.333. The molecule has 0 saturated heterocycles. The second kappa shape index (κ2) is 4.50. The van der Waals surface area contributed by atoms with Crippen LogP contribution in [0.5, 0.6) is 0 Å². The van der Waals surface area contributed by atoms with Gasteiger partial charge < -0.3 is 4.98 Å². The molecule has 1 atom stereocenters. The first-order chi connectivity index (χ1) is 7.96. The third-order valence-electron chi connectivity index (χ3n) is 2.62. The molecule has 0 aliphatic carbocycles. The van der Waals surface area contributed by atoms with Crippen LogP contribution in [0.25, 0.3) is 10.9 Å². The lowest BCUT2D eigenvalue weighted by Gasteiger charge is -2.11. The Labute approximate surface area is 101 Å². The van der Waals surface area contributed by atoms with Crippen LogP contribution in [0.2, 0.25) is 0 Å². The molecule has 0 aliphatic heterocycles. The number of H-pyrrole nitrogens is 1. The summed E-state index contributed by atoms with van der Waals surface area (Å²) in [5, 5.41) is 1.15. The van der Waals surface area contributed by atoms with Crippen molar-refractivity contribution in [1.82, 2.24) is 9.71 Å². The lowest BCUT2D eigenvalue weighted by atomic mass is 10.1. The Hall–Kier alpha value is -1.33. The van der Waals surface area contributed by atoms with Gasteiger partial charge in [-0.15, -0.1) is 0 Å². The second-order valence-electron chi connectivity index (χ2n) is 4.35. The highest BCUT2D eigenvalue weighted by atomic mass is 32.2. The van der Waals surface area contributed by atoms with Crippen LogP contribution in [0.15, 0.2) is 30.5 Å². The zero-order valence-corrected chi connectivity index (χ0v) is 10.7. The van der Waals surface area contributed by atoms with Gasteiger partial charge in [-0.2, -0.15) is 0 Å². The van der Waals surface area contributed by atoms with E-state index in [0.717, 1.165) is 16.5 Å². The molecule has 0 fully saturated rings. The van der Waals surface area contributed by atoms with Gasteiger partial charge in [0.2, 0.25) is 10.0 Å². The summed E-state index contributed by atoms with van der Waals surface area (Å²) in [6.07, 6.45) is 3.79. The maximum atomic E-state index is 11.1. The van der Waals surface area contributed by atoms with Crippen molar-refractivity contribution >= 4 is 20.9 Å². The summed E-state index contributed by atoms with van der Waals surface area (Å²) in [7, 11) is -3.14. The predicted octanol–water partition coefficient (Wildman–Crippen LogP) is 1.65. The van der Waals surface area contributed by atoms with Crippen molar-refractivity contribution in [2.24, 2.45) is 0 Å². The number of hydrogen-bond donors (Lipinski definition) is 2. The summed E-state index contributed by atoms with van der Waals surface area (Å²) < 4.78 is 24.8. The number of aromatic nitrogens is 1. The highest BCUT2D eigenvalue weighted by Gasteiger charge is 2.11. The zero-order valence-electron chi connectivity index (χ0n) is 9.90. The number of para-hydroxylation sites is 1. The fourth-order valence-electron chi connectivity index (χ4n) is 2.04. The molecule has 2 N–H and O–H groups in total. The molecule has 0 bridgehead atoms. The largest absolute Gasteiger partial charge is 0.361 e. The molecule has 1 heterocycles. The van der Waals surface area contributed by atoms with Crippen molar-refractivity contribution < 1.29 is 8.42 Å². The van der Waals surface area contributed by atoms with Gasteiger partial charge in [0.05, 0.1) is 6.26 Å². The Morgan fingerprint density at radius 2 is 2.06 bits per heavy atom. The number of hydrogen-bond acceptors (Lipinski definition) is 2. The molecule has 1 aromatic heterocycles. The van der Waals surface area contributed by atoms with Gasteiger partial charge in [0.25, 0.3) is 0 Å². The number of benzene rings is 1.